The molecule has 2 aromatic heterocycles. The van der Waals surface area contributed by atoms with Gasteiger partial charge in [0, 0.05) is 19.4 Å². The van der Waals surface area contributed by atoms with Crippen molar-refractivity contribution in [1.29, 1.82) is 0 Å². The van der Waals surface area contributed by atoms with E-state index in [9.17, 15) is 4.79 Å². The Labute approximate surface area is 150 Å². The second kappa shape index (κ2) is 7.06. The molecule has 0 fully saturated rings. The molecule has 0 saturated carbocycles. The number of ether oxygens (including phenoxy) is 1. The number of anilines is 1. The molecule has 0 atom stereocenters. The van der Waals surface area contributed by atoms with Gasteiger partial charge in [0.1, 0.15) is 5.75 Å². The number of imidazole rings is 1. The van der Waals surface area contributed by atoms with Crippen molar-refractivity contribution in [3.05, 3.63) is 47.4 Å². The Kier molecular flexibility index (Phi) is 4.85. The Morgan fingerprint density at radius 3 is 2.84 bits per heavy atom. The Hall–Kier alpha value is -2.67. The minimum atomic E-state index is -0.235. The summed E-state index contributed by atoms with van der Waals surface area (Å²) in [6, 6.07) is 5.79. The zero-order chi connectivity index (χ0) is 18.0. The quantitative estimate of drug-likeness (QED) is 0.760. The molecule has 1 N–H and O–H groups in total. The molecule has 0 aliphatic heterocycles. The molecule has 1 aromatic carbocycles. The number of hydrogen-bond donors (Lipinski definition) is 1. The van der Waals surface area contributed by atoms with Crippen molar-refractivity contribution in [3.63, 3.8) is 0 Å². The van der Waals surface area contributed by atoms with Crippen LogP contribution in [0.1, 0.15) is 16.8 Å². The van der Waals surface area contributed by atoms with Crippen LogP contribution in [0, 0.1) is 20.8 Å². The number of aromatic nitrogens is 3. The number of carbonyl (C=O) groups is 1. The van der Waals surface area contributed by atoms with E-state index in [1.807, 2.05) is 56.8 Å². The molecular weight excluding hydrogens is 336 g/mol. The summed E-state index contributed by atoms with van der Waals surface area (Å²) >= 11 is 1.41. The van der Waals surface area contributed by atoms with Gasteiger partial charge in [-0.3, -0.25) is 10.1 Å². The summed E-state index contributed by atoms with van der Waals surface area (Å²) in [5, 5.41) is 3.34. The lowest BCUT2D eigenvalue weighted by Crippen LogP contribution is -2.20. The van der Waals surface area contributed by atoms with E-state index < -0.39 is 0 Å². The van der Waals surface area contributed by atoms with Crippen molar-refractivity contribution in [2.24, 2.45) is 7.05 Å². The van der Waals surface area contributed by atoms with E-state index in [0.29, 0.717) is 5.13 Å². The van der Waals surface area contributed by atoms with Crippen molar-refractivity contribution in [2.75, 3.05) is 11.9 Å². The third-order valence-corrected chi connectivity index (χ3v) is 5.05. The van der Waals surface area contributed by atoms with Crippen molar-refractivity contribution < 1.29 is 9.53 Å². The van der Waals surface area contributed by atoms with Crippen molar-refractivity contribution in [2.45, 2.75) is 20.8 Å². The molecule has 0 bridgehead atoms. The number of aryl methyl sites for hydroxylation is 3. The summed E-state index contributed by atoms with van der Waals surface area (Å²) in [5.41, 5.74) is 3.01. The van der Waals surface area contributed by atoms with Gasteiger partial charge in [-0.15, -0.1) is 0 Å². The SMILES string of the molecule is Cc1cccc(OCC(=O)Nc2nc(C)c(-c3nccn3C)s2)c1C. The zero-order valence-corrected chi connectivity index (χ0v) is 15.5. The standard InChI is InChI=1S/C18H20N4O2S/c1-11-6-5-7-14(12(11)2)24-10-15(23)21-18-20-13(3)16(25-18)17-19-8-9-22(17)4/h5-9H,10H2,1-4H3,(H,20,21,23). The molecule has 0 unspecified atom stereocenters. The van der Waals surface area contributed by atoms with Crippen molar-refractivity contribution in [3.8, 4) is 16.5 Å². The Balaban J connectivity index is 1.66. The van der Waals surface area contributed by atoms with Gasteiger partial charge in [0.05, 0.1) is 10.6 Å². The monoisotopic (exact) mass is 356 g/mol. The van der Waals surface area contributed by atoms with E-state index in [0.717, 1.165) is 33.3 Å². The lowest BCUT2D eigenvalue weighted by Gasteiger charge is -2.10. The van der Waals surface area contributed by atoms with Gasteiger partial charge in [-0.1, -0.05) is 23.5 Å². The van der Waals surface area contributed by atoms with E-state index in [2.05, 4.69) is 15.3 Å². The van der Waals surface area contributed by atoms with E-state index in [-0.39, 0.29) is 12.5 Å². The predicted octanol–water partition coefficient (Wildman–Crippen LogP) is 3.49. The molecule has 0 saturated heterocycles. The molecule has 0 aliphatic rings. The lowest BCUT2D eigenvalue weighted by atomic mass is 10.1. The van der Waals surface area contributed by atoms with E-state index in [1.165, 1.54) is 11.3 Å². The zero-order valence-electron chi connectivity index (χ0n) is 14.7. The highest BCUT2D eigenvalue weighted by molar-refractivity contribution is 7.19. The fourth-order valence-corrected chi connectivity index (χ4v) is 3.44. The summed E-state index contributed by atoms with van der Waals surface area (Å²) in [5.74, 6) is 1.32. The second-order valence-electron chi connectivity index (χ2n) is 5.83. The second-order valence-corrected chi connectivity index (χ2v) is 6.83. The molecule has 2 heterocycles. The van der Waals surface area contributed by atoms with Crippen LogP contribution in [-0.4, -0.2) is 27.0 Å². The Morgan fingerprint density at radius 1 is 1.32 bits per heavy atom. The smallest absolute Gasteiger partial charge is 0.264 e. The maximum atomic E-state index is 12.2. The third kappa shape index (κ3) is 3.71. The average molecular weight is 356 g/mol. The van der Waals surface area contributed by atoms with Crippen molar-refractivity contribution >= 4 is 22.4 Å². The van der Waals surface area contributed by atoms with Gasteiger partial charge in [0.25, 0.3) is 5.91 Å². The Morgan fingerprint density at radius 2 is 2.12 bits per heavy atom. The average Bonchev–Trinajstić information content (AvgIpc) is 3.14. The molecule has 25 heavy (non-hydrogen) atoms. The molecule has 0 spiro atoms. The molecule has 130 valence electrons. The normalized spacial score (nSPS) is 10.7. The van der Waals surface area contributed by atoms with Crippen LogP contribution < -0.4 is 10.1 Å². The molecular formula is C18H20N4O2S. The van der Waals surface area contributed by atoms with Gasteiger partial charge in [-0.25, -0.2) is 9.97 Å². The summed E-state index contributed by atoms with van der Waals surface area (Å²) in [6.07, 6.45) is 3.62. The number of hydrogen-bond acceptors (Lipinski definition) is 5. The molecule has 3 rings (SSSR count). The van der Waals surface area contributed by atoms with Gasteiger partial charge in [0.2, 0.25) is 0 Å². The molecule has 1 amide bonds. The first-order valence-electron chi connectivity index (χ1n) is 7.89. The van der Waals surface area contributed by atoms with E-state index in [1.54, 1.807) is 6.20 Å². The number of benzene rings is 1. The lowest BCUT2D eigenvalue weighted by molar-refractivity contribution is -0.118. The molecule has 7 heteroatoms. The van der Waals surface area contributed by atoms with Crippen molar-refractivity contribution in [1.82, 2.24) is 14.5 Å². The highest BCUT2D eigenvalue weighted by Gasteiger charge is 2.15. The fourth-order valence-electron chi connectivity index (χ4n) is 2.42. The highest BCUT2D eigenvalue weighted by Crippen LogP contribution is 2.31. The number of nitrogens with one attached hydrogen (secondary N) is 1. The number of carbonyl (C=O) groups excluding carboxylic acids is 1. The molecule has 6 nitrogen and oxygen atoms in total. The molecule has 0 radical (unpaired) electrons. The number of nitrogens with zero attached hydrogens (tertiary/aromatic N) is 3. The minimum absolute atomic E-state index is 0.0549. The largest absolute Gasteiger partial charge is 0.483 e. The topological polar surface area (TPSA) is 69.0 Å². The summed E-state index contributed by atoms with van der Waals surface area (Å²) in [7, 11) is 1.93. The highest BCUT2D eigenvalue weighted by atomic mass is 32.1. The van der Waals surface area contributed by atoms with E-state index >= 15 is 0 Å². The fraction of sp³-hybridized carbons (Fsp3) is 0.278. The third-order valence-electron chi connectivity index (χ3n) is 3.98. The maximum Gasteiger partial charge on any atom is 0.264 e. The van der Waals surface area contributed by atoms with Gasteiger partial charge >= 0.3 is 0 Å². The van der Waals surface area contributed by atoms with Crippen LogP contribution in [0.2, 0.25) is 0 Å². The van der Waals surface area contributed by atoms with Crippen LogP contribution in [0.25, 0.3) is 10.7 Å². The number of amides is 1. The summed E-state index contributed by atoms with van der Waals surface area (Å²) in [4.78, 5) is 21.8. The van der Waals surface area contributed by atoms with Crippen LogP contribution in [-0.2, 0) is 11.8 Å². The van der Waals surface area contributed by atoms with E-state index in [4.69, 9.17) is 4.74 Å². The van der Waals surface area contributed by atoms with Gasteiger partial charge in [-0.2, -0.15) is 0 Å². The van der Waals surface area contributed by atoms with Gasteiger partial charge in [-0.05, 0) is 38.0 Å². The van der Waals surface area contributed by atoms with Crippen LogP contribution in [0.15, 0.2) is 30.6 Å². The number of thiazole rings is 1. The molecule has 3 aromatic rings. The first-order chi connectivity index (χ1) is 12.0. The summed E-state index contributed by atoms with van der Waals surface area (Å²) < 4.78 is 7.55. The molecule has 0 aliphatic carbocycles. The maximum absolute atomic E-state index is 12.2. The number of rotatable bonds is 5. The summed E-state index contributed by atoms with van der Waals surface area (Å²) in [6.45, 7) is 5.84. The van der Waals surface area contributed by atoms with Crippen LogP contribution in [0.5, 0.6) is 5.75 Å². The minimum Gasteiger partial charge on any atom is -0.483 e. The first-order valence-corrected chi connectivity index (χ1v) is 8.71. The van der Waals surface area contributed by atoms with Crippen LogP contribution >= 0.6 is 11.3 Å². The van der Waals surface area contributed by atoms with Gasteiger partial charge < -0.3 is 9.30 Å². The first kappa shape index (κ1) is 17.2. The van der Waals surface area contributed by atoms with Crippen LogP contribution in [0.3, 0.4) is 0 Å². The predicted molar refractivity (Wildman–Crippen MR) is 99.1 cm³/mol. The van der Waals surface area contributed by atoms with Crippen LogP contribution in [0.4, 0.5) is 5.13 Å². The van der Waals surface area contributed by atoms with Gasteiger partial charge in [0.15, 0.2) is 17.6 Å². The Bertz CT molecular complexity index is 914.